The van der Waals surface area contributed by atoms with Crippen LogP contribution in [0.1, 0.15) is 24.8 Å². The predicted molar refractivity (Wildman–Crippen MR) is 129 cm³/mol. The van der Waals surface area contributed by atoms with Gasteiger partial charge in [0.25, 0.3) is 5.69 Å². The second kappa shape index (κ2) is 10.4. The van der Waals surface area contributed by atoms with Crippen molar-refractivity contribution in [1.82, 2.24) is 15.0 Å². The van der Waals surface area contributed by atoms with E-state index in [2.05, 4.69) is 41.0 Å². The third kappa shape index (κ3) is 5.70. The van der Waals surface area contributed by atoms with Crippen molar-refractivity contribution < 1.29 is 4.92 Å². The summed E-state index contributed by atoms with van der Waals surface area (Å²) in [6.45, 7) is 1.67. The molecule has 0 radical (unpaired) electrons. The SMILES string of the molecule is CNc1nc(N/N=C/c2ccc(N3CCCCC3)c([N+](=O)[O-])c2)nc(Nc2ccccc2)n1. The quantitative estimate of drug-likeness (QED) is 0.266. The van der Waals surface area contributed by atoms with E-state index in [4.69, 9.17) is 0 Å². The lowest BCUT2D eigenvalue weighted by molar-refractivity contribution is -0.384. The van der Waals surface area contributed by atoms with Crippen molar-refractivity contribution in [3.63, 3.8) is 0 Å². The summed E-state index contributed by atoms with van der Waals surface area (Å²) in [5.41, 5.74) is 4.93. The first kappa shape index (κ1) is 21.9. The van der Waals surface area contributed by atoms with Gasteiger partial charge in [-0.15, -0.1) is 0 Å². The molecule has 0 atom stereocenters. The van der Waals surface area contributed by atoms with Crippen LogP contribution in [0.25, 0.3) is 0 Å². The first-order valence-corrected chi connectivity index (χ1v) is 10.7. The molecule has 0 saturated carbocycles. The molecule has 0 bridgehead atoms. The zero-order valence-corrected chi connectivity index (χ0v) is 18.2. The standard InChI is InChI=1S/C22H25N9O2/c1-23-20-26-21(25-17-8-4-2-5-9-17)28-22(27-20)29-24-15-16-10-11-18(19(14-16)31(32)33)30-12-6-3-7-13-30/h2,4-5,8-11,14-15H,3,6-7,12-13H2,1H3,(H3,23,25,26,27,28,29)/b24-15+. The summed E-state index contributed by atoms with van der Waals surface area (Å²) in [6, 6.07) is 14.7. The second-order valence-corrected chi connectivity index (χ2v) is 7.47. The molecule has 1 aliphatic heterocycles. The van der Waals surface area contributed by atoms with Crippen LogP contribution in [0.15, 0.2) is 53.6 Å². The van der Waals surface area contributed by atoms with Crippen LogP contribution in [0, 0.1) is 10.1 Å². The van der Waals surface area contributed by atoms with E-state index in [-0.39, 0.29) is 16.6 Å². The van der Waals surface area contributed by atoms with Crippen LogP contribution in [-0.2, 0) is 0 Å². The number of benzene rings is 2. The van der Waals surface area contributed by atoms with Crippen LogP contribution < -0.4 is 21.0 Å². The zero-order chi connectivity index (χ0) is 23.0. The molecule has 11 heteroatoms. The lowest BCUT2D eigenvalue weighted by Gasteiger charge is -2.28. The third-order valence-corrected chi connectivity index (χ3v) is 5.16. The summed E-state index contributed by atoms with van der Waals surface area (Å²) in [4.78, 5) is 26.2. The van der Waals surface area contributed by atoms with Gasteiger partial charge < -0.3 is 15.5 Å². The summed E-state index contributed by atoms with van der Waals surface area (Å²) in [6.07, 6.45) is 4.76. The number of anilines is 5. The van der Waals surface area contributed by atoms with Gasteiger partial charge in [0.2, 0.25) is 17.8 Å². The molecule has 2 aromatic carbocycles. The second-order valence-electron chi connectivity index (χ2n) is 7.47. The molecule has 2 heterocycles. The predicted octanol–water partition coefficient (Wildman–Crippen LogP) is 4.00. The summed E-state index contributed by atoms with van der Waals surface area (Å²) >= 11 is 0. The molecule has 0 unspecified atom stereocenters. The first-order valence-electron chi connectivity index (χ1n) is 10.7. The Balaban J connectivity index is 1.49. The topological polar surface area (TPSA) is 134 Å². The molecule has 1 saturated heterocycles. The van der Waals surface area contributed by atoms with Gasteiger partial charge in [-0.25, -0.2) is 5.43 Å². The van der Waals surface area contributed by atoms with Gasteiger partial charge in [0.15, 0.2) is 0 Å². The maximum absolute atomic E-state index is 11.6. The molecule has 3 N–H and O–H groups in total. The highest BCUT2D eigenvalue weighted by molar-refractivity contribution is 5.83. The third-order valence-electron chi connectivity index (χ3n) is 5.16. The van der Waals surface area contributed by atoms with Gasteiger partial charge in [-0.2, -0.15) is 20.1 Å². The number of rotatable bonds is 8. The molecule has 170 valence electrons. The van der Waals surface area contributed by atoms with Crippen molar-refractivity contribution in [3.8, 4) is 0 Å². The number of nitrogens with one attached hydrogen (secondary N) is 3. The number of para-hydroxylation sites is 1. The van der Waals surface area contributed by atoms with Crippen LogP contribution >= 0.6 is 0 Å². The average Bonchev–Trinajstić information content (AvgIpc) is 2.85. The van der Waals surface area contributed by atoms with Crippen LogP contribution in [-0.4, -0.2) is 46.2 Å². The van der Waals surface area contributed by atoms with Crippen LogP contribution in [0.2, 0.25) is 0 Å². The van der Waals surface area contributed by atoms with Crippen LogP contribution in [0.4, 0.5) is 34.9 Å². The minimum Gasteiger partial charge on any atom is -0.366 e. The van der Waals surface area contributed by atoms with Crippen molar-refractivity contribution in [2.45, 2.75) is 19.3 Å². The molecule has 0 amide bonds. The molecule has 1 aromatic heterocycles. The van der Waals surface area contributed by atoms with Gasteiger partial charge in [0.1, 0.15) is 5.69 Å². The van der Waals surface area contributed by atoms with E-state index in [1.165, 1.54) is 12.3 Å². The molecule has 4 rings (SSSR count). The van der Waals surface area contributed by atoms with Crippen LogP contribution in [0.5, 0.6) is 0 Å². The van der Waals surface area contributed by atoms with Crippen molar-refractivity contribution in [3.05, 3.63) is 64.2 Å². The highest BCUT2D eigenvalue weighted by Crippen LogP contribution is 2.31. The summed E-state index contributed by atoms with van der Waals surface area (Å²) < 4.78 is 0. The molecule has 33 heavy (non-hydrogen) atoms. The summed E-state index contributed by atoms with van der Waals surface area (Å²) in [5.74, 6) is 0.936. The Morgan fingerprint density at radius 2 is 1.73 bits per heavy atom. The number of hydrogen-bond acceptors (Lipinski definition) is 10. The molecule has 1 fully saturated rings. The summed E-state index contributed by atoms with van der Waals surface area (Å²) in [5, 5.41) is 21.8. The lowest BCUT2D eigenvalue weighted by Crippen LogP contribution is -2.29. The molecular formula is C22H25N9O2. The van der Waals surface area contributed by atoms with E-state index >= 15 is 0 Å². The Bertz CT molecular complexity index is 1130. The molecule has 1 aliphatic rings. The molecule has 3 aromatic rings. The van der Waals surface area contributed by atoms with E-state index < -0.39 is 0 Å². The van der Waals surface area contributed by atoms with E-state index in [1.54, 1.807) is 13.1 Å². The van der Waals surface area contributed by atoms with Gasteiger partial charge >= 0.3 is 0 Å². The molecule has 0 aliphatic carbocycles. The zero-order valence-electron chi connectivity index (χ0n) is 18.2. The fourth-order valence-electron chi connectivity index (χ4n) is 3.58. The van der Waals surface area contributed by atoms with Crippen molar-refractivity contribution in [1.29, 1.82) is 0 Å². The highest BCUT2D eigenvalue weighted by atomic mass is 16.6. The highest BCUT2D eigenvalue weighted by Gasteiger charge is 2.21. The molecule has 0 spiro atoms. The van der Waals surface area contributed by atoms with Crippen molar-refractivity contribution >= 4 is 41.1 Å². The Labute approximate surface area is 191 Å². The summed E-state index contributed by atoms with van der Waals surface area (Å²) in [7, 11) is 1.71. The van der Waals surface area contributed by atoms with Gasteiger partial charge in [-0.1, -0.05) is 24.3 Å². The van der Waals surface area contributed by atoms with Crippen molar-refractivity contribution in [2.75, 3.05) is 41.1 Å². The number of hydrogen-bond donors (Lipinski definition) is 3. The Kier molecular flexibility index (Phi) is 6.88. The molecule has 11 nitrogen and oxygen atoms in total. The van der Waals surface area contributed by atoms with E-state index in [9.17, 15) is 10.1 Å². The largest absolute Gasteiger partial charge is 0.366 e. The normalized spacial score (nSPS) is 13.7. The molecular weight excluding hydrogens is 422 g/mol. The van der Waals surface area contributed by atoms with E-state index in [0.29, 0.717) is 23.1 Å². The number of hydrazone groups is 1. The smallest absolute Gasteiger partial charge is 0.293 e. The minimum atomic E-state index is -0.346. The fraction of sp³-hybridized carbons (Fsp3) is 0.273. The van der Waals surface area contributed by atoms with E-state index in [0.717, 1.165) is 38.0 Å². The van der Waals surface area contributed by atoms with Crippen molar-refractivity contribution in [2.24, 2.45) is 5.10 Å². The number of aromatic nitrogens is 3. The van der Waals surface area contributed by atoms with Gasteiger partial charge in [-0.05, 0) is 37.5 Å². The first-order chi connectivity index (χ1) is 16.1. The maximum Gasteiger partial charge on any atom is 0.293 e. The average molecular weight is 448 g/mol. The van der Waals surface area contributed by atoms with Gasteiger partial charge in [-0.3, -0.25) is 10.1 Å². The Morgan fingerprint density at radius 3 is 2.45 bits per heavy atom. The minimum absolute atomic E-state index is 0.0767. The van der Waals surface area contributed by atoms with Gasteiger partial charge in [0, 0.05) is 37.5 Å². The Hall–Kier alpha value is -4.28. The van der Waals surface area contributed by atoms with Crippen LogP contribution in [0.3, 0.4) is 0 Å². The Morgan fingerprint density at radius 1 is 1.00 bits per heavy atom. The fourth-order valence-corrected chi connectivity index (χ4v) is 3.58. The number of piperidine rings is 1. The van der Waals surface area contributed by atoms with Gasteiger partial charge in [0.05, 0.1) is 11.1 Å². The lowest BCUT2D eigenvalue weighted by atomic mass is 10.1. The monoisotopic (exact) mass is 447 g/mol. The maximum atomic E-state index is 11.6. The number of nitro benzene ring substituents is 1. The van der Waals surface area contributed by atoms with E-state index in [1.807, 2.05) is 36.4 Å². The number of nitrogens with zero attached hydrogens (tertiary/aromatic N) is 6. The number of nitro groups is 1.